The van der Waals surface area contributed by atoms with Gasteiger partial charge in [0.2, 0.25) is 0 Å². The minimum Gasteiger partial charge on any atom is -0.0589 e. The van der Waals surface area contributed by atoms with Gasteiger partial charge in [0, 0.05) is 12.8 Å². The second kappa shape index (κ2) is 4.81. The fourth-order valence-corrected chi connectivity index (χ4v) is 3.98. The fourth-order valence-electron chi connectivity index (χ4n) is 3.98. The van der Waals surface area contributed by atoms with Crippen molar-refractivity contribution in [3.8, 4) is 0 Å². The smallest absolute Gasteiger partial charge is 0.0123 e. The summed E-state index contributed by atoms with van der Waals surface area (Å²) in [6, 6.07) is 0. The van der Waals surface area contributed by atoms with Crippen molar-refractivity contribution in [1.29, 1.82) is 0 Å². The van der Waals surface area contributed by atoms with Crippen LogP contribution in [0, 0.1) is 12.8 Å². The van der Waals surface area contributed by atoms with Crippen LogP contribution in [-0.2, 0) is 0 Å². The summed E-state index contributed by atoms with van der Waals surface area (Å²) in [7, 11) is 0. The Bertz CT molecular complexity index is 474. The predicted molar refractivity (Wildman–Crippen MR) is 80.4 cm³/mol. The van der Waals surface area contributed by atoms with Gasteiger partial charge in [-0.05, 0) is 68.9 Å². The fraction of sp³-hybridized carbons (Fsp3) is 0.474. The van der Waals surface area contributed by atoms with E-state index in [1.807, 2.05) is 0 Å². The molecule has 0 aromatic rings. The molecule has 4 aliphatic rings. The second-order valence-corrected chi connectivity index (χ2v) is 6.42. The summed E-state index contributed by atoms with van der Waals surface area (Å²) in [6.45, 7) is 0. The van der Waals surface area contributed by atoms with Crippen molar-refractivity contribution >= 4 is 0 Å². The minimum atomic E-state index is 1.15. The van der Waals surface area contributed by atoms with E-state index in [0.29, 0.717) is 0 Å². The van der Waals surface area contributed by atoms with E-state index in [1.165, 1.54) is 51.4 Å². The molecular formula is C19H22. The van der Waals surface area contributed by atoms with Gasteiger partial charge >= 0.3 is 0 Å². The van der Waals surface area contributed by atoms with E-state index in [9.17, 15) is 0 Å². The molecule has 0 bridgehead atoms. The topological polar surface area (TPSA) is 0 Å². The molecule has 19 heavy (non-hydrogen) atoms. The summed E-state index contributed by atoms with van der Waals surface area (Å²) in [4.78, 5) is 0. The van der Waals surface area contributed by atoms with E-state index in [0.717, 1.165) is 6.42 Å². The molecule has 0 N–H and O–H groups in total. The molecule has 4 aliphatic carbocycles. The second-order valence-electron chi connectivity index (χ2n) is 6.42. The van der Waals surface area contributed by atoms with Crippen LogP contribution < -0.4 is 0 Å². The molecule has 0 heterocycles. The van der Waals surface area contributed by atoms with Crippen LogP contribution in [-0.4, -0.2) is 0 Å². The maximum Gasteiger partial charge on any atom is 0.0123 e. The van der Waals surface area contributed by atoms with E-state index >= 15 is 0 Å². The standard InChI is InChI=1S/C19H22/c1-2-6-17-11-14(10-16(17)5-1)9-15-12-18-7-3-4-8-19(18)13-15/h10-13H,1-9H2. The lowest BCUT2D eigenvalue weighted by molar-refractivity contribution is 0.693. The molecule has 98 valence electrons. The van der Waals surface area contributed by atoms with E-state index in [2.05, 4.69) is 25.0 Å². The highest BCUT2D eigenvalue weighted by Crippen LogP contribution is 2.41. The Kier molecular flexibility index (Phi) is 2.98. The first-order valence-electron chi connectivity index (χ1n) is 7.93. The Morgan fingerprint density at radius 1 is 0.579 bits per heavy atom. The van der Waals surface area contributed by atoms with Crippen molar-refractivity contribution in [3.63, 3.8) is 0 Å². The number of hydrogen-bond acceptors (Lipinski definition) is 0. The normalized spacial score (nSPS) is 26.3. The zero-order valence-electron chi connectivity index (χ0n) is 11.7. The van der Waals surface area contributed by atoms with Crippen molar-refractivity contribution < 1.29 is 0 Å². The molecule has 0 amide bonds. The molecule has 0 unspecified atom stereocenters. The van der Waals surface area contributed by atoms with Crippen LogP contribution in [0.1, 0.15) is 57.8 Å². The van der Waals surface area contributed by atoms with Gasteiger partial charge in [-0.1, -0.05) is 34.4 Å². The van der Waals surface area contributed by atoms with Crippen LogP contribution in [0.3, 0.4) is 0 Å². The van der Waals surface area contributed by atoms with Crippen LogP contribution in [0.15, 0.2) is 45.6 Å². The summed E-state index contributed by atoms with van der Waals surface area (Å²) in [5, 5.41) is 0. The average Bonchev–Trinajstić information content (AvgIpc) is 3.00. The Labute approximate surface area is 117 Å². The van der Waals surface area contributed by atoms with Crippen LogP contribution in [0.25, 0.3) is 0 Å². The SMILES string of the molecule is [CH]1C(CC2=CC3=C([CH]2)CCCC3)=CC2=C1CCCC2. The summed E-state index contributed by atoms with van der Waals surface area (Å²) in [5.74, 6) is 0. The first-order valence-corrected chi connectivity index (χ1v) is 7.93. The van der Waals surface area contributed by atoms with Crippen LogP contribution in [0.5, 0.6) is 0 Å². The Balaban J connectivity index is 1.42. The van der Waals surface area contributed by atoms with Gasteiger partial charge in [0.25, 0.3) is 0 Å². The average molecular weight is 250 g/mol. The molecule has 0 saturated carbocycles. The van der Waals surface area contributed by atoms with Crippen molar-refractivity contribution in [1.82, 2.24) is 0 Å². The predicted octanol–water partition coefficient (Wildman–Crippen LogP) is 5.41. The van der Waals surface area contributed by atoms with Gasteiger partial charge < -0.3 is 0 Å². The van der Waals surface area contributed by atoms with E-state index in [1.54, 1.807) is 33.4 Å². The van der Waals surface area contributed by atoms with Crippen molar-refractivity contribution in [2.45, 2.75) is 57.8 Å². The van der Waals surface area contributed by atoms with E-state index in [4.69, 9.17) is 0 Å². The van der Waals surface area contributed by atoms with Gasteiger partial charge in [-0.25, -0.2) is 0 Å². The molecule has 0 aliphatic heterocycles. The molecule has 0 aromatic heterocycles. The third kappa shape index (κ3) is 2.26. The molecule has 0 aromatic carbocycles. The van der Waals surface area contributed by atoms with Crippen LogP contribution in [0.4, 0.5) is 0 Å². The van der Waals surface area contributed by atoms with E-state index in [-0.39, 0.29) is 0 Å². The molecule has 0 heteroatoms. The zero-order chi connectivity index (χ0) is 12.7. The highest BCUT2D eigenvalue weighted by molar-refractivity contribution is 5.55. The molecule has 2 radical (unpaired) electrons. The zero-order valence-corrected chi connectivity index (χ0v) is 11.7. The van der Waals surface area contributed by atoms with Crippen LogP contribution >= 0.6 is 0 Å². The molecule has 0 nitrogen and oxygen atoms in total. The molecule has 0 saturated heterocycles. The maximum absolute atomic E-state index is 2.47. The molecule has 4 rings (SSSR count). The molecular weight excluding hydrogens is 228 g/mol. The molecule has 0 fully saturated rings. The largest absolute Gasteiger partial charge is 0.0589 e. The van der Waals surface area contributed by atoms with Gasteiger partial charge in [0.15, 0.2) is 0 Å². The summed E-state index contributed by atoms with van der Waals surface area (Å²) >= 11 is 0. The van der Waals surface area contributed by atoms with E-state index < -0.39 is 0 Å². The lowest BCUT2D eigenvalue weighted by Gasteiger charge is -2.13. The Morgan fingerprint density at radius 3 is 1.42 bits per heavy atom. The molecule has 0 spiro atoms. The van der Waals surface area contributed by atoms with Gasteiger partial charge in [-0.2, -0.15) is 0 Å². The first-order chi connectivity index (χ1) is 9.38. The number of allylic oxidation sites excluding steroid dienone is 8. The monoisotopic (exact) mass is 250 g/mol. The highest BCUT2D eigenvalue weighted by Gasteiger charge is 2.23. The number of hydrogen-bond donors (Lipinski definition) is 0. The Morgan fingerprint density at radius 2 is 1.00 bits per heavy atom. The summed E-state index contributed by atoms with van der Waals surface area (Å²) in [5.41, 5.74) is 9.65. The van der Waals surface area contributed by atoms with Gasteiger partial charge in [0.1, 0.15) is 0 Å². The number of rotatable bonds is 2. The highest BCUT2D eigenvalue weighted by atomic mass is 14.3. The first kappa shape index (κ1) is 11.8. The van der Waals surface area contributed by atoms with Gasteiger partial charge in [0.05, 0.1) is 0 Å². The van der Waals surface area contributed by atoms with Gasteiger partial charge in [-0.3, -0.25) is 0 Å². The van der Waals surface area contributed by atoms with Crippen molar-refractivity contribution in [3.05, 3.63) is 58.4 Å². The summed E-state index contributed by atoms with van der Waals surface area (Å²) < 4.78 is 0. The lowest BCUT2D eigenvalue weighted by atomic mass is 9.92. The van der Waals surface area contributed by atoms with Gasteiger partial charge in [-0.15, -0.1) is 0 Å². The third-order valence-corrected chi connectivity index (χ3v) is 4.96. The van der Waals surface area contributed by atoms with Crippen LogP contribution in [0.2, 0.25) is 0 Å². The molecule has 0 atom stereocenters. The van der Waals surface area contributed by atoms with Crippen molar-refractivity contribution in [2.24, 2.45) is 0 Å². The maximum atomic E-state index is 2.47. The lowest BCUT2D eigenvalue weighted by Crippen LogP contribution is -1.95. The summed E-state index contributed by atoms with van der Waals surface area (Å²) in [6.07, 6.45) is 21.9. The minimum absolute atomic E-state index is 1.15. The van der Waals surface area contributed by atoms with Crippen molar-refractivity contribution in [2.75, 3.05) is 0 Å². The Hall–Kier alpha value is -1.04. The third-order valence-electron chi connectivity index (χ3n) is 4.96. The quantitative estimate of drug-likeness (QED) is 0.615.